The van der Waals surface area contributed by atoms with Crippen molar-refractivity contribution in [2.45, 2.75) is 12.5 Å². The van der Waals surface area contributed by atoms with Crippen LogP contribution in [-0.2, 0) is 6.42 Å². The number of nitrogens with two attached hydrogens (primary N) is 1. The van der Waals surface area contributed by atoms with Crippen molar-refractivity contribution in [2.75, 3.05) is 0 Å². The summed E-state index contributed by atoms with van der Waals surface area (Å²) in [4.78, 5) is 0. The highest BCUT2D eigenvalue weighted by Crippen LogP contribution is 2.26. The molecular formula is C14H12ClF3N2. The number of hydrazine groups is 1. The van der Waals surface area contributed by atoms with Crippen LogP contribution in [0.25, 0.3) is 0 Å². The highest BCUT2D eigenvalue weighted by molar-refractivity contribution is 6.31. The molecule has 0 saturated carbocycles. The molecule has 0 spiro atoms. The van der Waals surface area contributed by atoms with E-state index in [2.05, 4.69) is 5.43 Å². The first-order chi connectivity index (χ1) is 9.51. The fraction of sp³-hybridized carbons (Fsp3) is 0.143. The van der Waals surface area contributed by atoms with E-state index < -0.39 is 23.5 Å². The van der Waals surface area contributed by atoms with Gasteiger partial charge < -0.3 is 0 Å². The van der Waals surface area contributed by atoms with Crippen LogP contribution in [0.1, 0.15) is 17.2 Å². The summed E-state index contributed by atoms with van der Waals surface area (Å²) in [5.74, 6) is 3.13. The van der Waals surface area contributed by atoms with Crippen LogP contribution in [0.5, 0.6) is 0 Å². The predicted octanol–water partition coefficient (Wildman–Crippen LogP) is 3.50. The zero-order chi connectivity index (χ0) is 14.7. The molecule has 0 bridgehead atoms. The van der Waals surface area contributed by atoms with Crippen molar-refractivity contribution in [2.24, 2.45) is 5.84 Å². The molecule has 1 unspecified atom stereocenters. The Labute approximate surface area is 119 Å². The summed E-state index contributed by atoms with van der Waals surface area (Å²) in [5, 5.41) is 0.344. The van der Waals surface area contributed by atoms with Crippen molar-refractivity contribution in [1.82, 2.24) is 5.43 Å². The van der Waals surface area contributed by atoms with E-state index in [0.29, 0.717) is 16.1 Å². The summed E-state index contributed by atoms with van der Waals surface area (Å²) in [7, 11) is 0. The number of rotatable bonds is 4. The fourth-order valence-electron chi connectivity index (χ4n) is 1.94. The Morgan fingerprint density at radius 1 is 1.05 bits per heavy atom. The topological polar surface area (TPSA) is 38.0 Å². The summed E-state index contributed by atoms with van der Waals surface area (Å²) in [6.07, 6.45) is 0.247. The van der Waals surface area contributed by atoms with Gasteiger partial charge in [0.15, 0.2) is 11.6 Å². The maximum Gasteiger partial charge on any atom is 0.159 e. The Balaban J connectivity index is 2.28. The quantitative estimate of drug-likeness (QED) is 0.670. The van der Waals surface area contributed by atoms with Gasteiger partial charge in [-0.3, -0.25) is 11.3 Å². The summed E-state index contributed by atoms with van der Waals surface area (Å²) in [6.45, 7) is 0. The lowest BCUT2D eigenvalue weighted by atomic mass is 9.99. The van der Waals surface area contributed by atoms with Crippen LogP contribution in [0, 0.1) is 17.5 Å². The van der Waals surface area contributed by atoms with Crippen LogP contribution in [0.4, 0.5) is 13.2 Å². The third kappa shape index (κ3) is 3.30. The van der Waals surface area contributed by atoms with Crippen molar-refractivity contribution in [3.8, 4) is 0 Å². The van der Waals surface area contributed by atoms with Gasteiger partial charge in [-0.2, -0.15) is 0 Å². The molecule has 0 fully saturated rings. The molecule has 2 nitrogen and oxygen atoms in total. The fourth-order valence-corrected chi connectivity index (χ4v) is 2.19. The summed E-state index contributed by atoms with van der Waals surface area (Å²) in [6, 6.07) is 6.95. The van der Waals surface area contributed by atoms with Gasteiger partial charge in [-0.15, -0.1) is 0 Å². The minimum atomic E-state index is -0.941. The van der Waals surface area contributed by atoms with Gasteiger partial charge in [-0.05, 0) is 47.9 Å². The summed E-state index contributed by atoms with van der Waals surface area (Å²) in [5.41, 5.74) is 3.48. The van der Waals surface area contributed by atoms with E-state index in [0.717, 1.165) is 12.1 Å². The second kappa shape index (κ2) is 6.26. The molecule has 6 heteroatoms. The van der Waals surface area contributed by atoms with E-state index in [1.54, 1.807) is 0 Å². The van der Waals surface area contributed by atoms with Crippen LogP contribution < -0.4 is 11.3 Å². The molecule has 0 aromatic heterocycles. The lowest BCUT2D eigenvalue weighted by Gasteiger charge is -2.18. The normalized spacial score (nSPS) is 12.4. The Morgan fingerprint density at radius 2 is 1.80 bits per heavy atom. The summed E-state index contributed by atoms with van der Waals surface area (Å²) >= 11 is 6.00. The molecule has 0 aliphatic rings. The Bertz CT molecular complexity index is 619. The van der Waals surface area contributed by atoms with Crippen molar-refractivity contribution in [3.05, 3.63) is 70.0 Å². The molecule has 0 saturated heterocycles. The van der Waals surface area contributed by atoms with Crippen molar-refractivity contribution in [3.63, 3.8) is 0 Å². The van der Waals surface area contributed by atoms with Gasteiger partial charge in [0.1, 0.15) is 5.82 Å². The lowest BCUT2D eigenvalue weighted by Crippen LogP contribution is -2.30. The third-order valence-electron chi connectivity index (χ3n) is 2.96. The molecule has 20 heavy (non-hydrogen) atoms. The van der Waals surface area contributed by atoms with Gasteiger partial charge in [-0.25, -0.2) is 13.2 Å². The maximum atomic E-state index is 13.3. The standard InChI is InChI=1S/C14H12ClF3N2/c15-11-3-2-9(16)7-10(11)14(20-19)6-8-1-4-12(17)13(18)5-8/h1-5,7,14,20H,6,19H2. The first-order valence-corrected chi connectivity index (χ1v) is 6.24. The van der Waals surface area contributed by atoms with Gasteiger partial charge in [0.2, 0.25) is 0 Å². The molecular weight excluding hydrogens is 289 g/mol. The maximum absolute atomic E-state index is 13.3. The number of nitrogens with one attached hydrogen (secondary N) is 1. The van der Waals surface area contributed by atoms with Crippen LogP contribution >= 0.6 is 11.6 Å². The monoisotopic (exact) mass is 300 g/mol. The van der Waals surface area contributed by atoms with E-state index in [9.17, 15) is 13.2 Å². The SMILES string of the molecule is NNC(Cc1ccc(F)c(F)c1)c1cc(F)ccc1Cl. The molecule has 1 atom stereocenters. The lowest BCUT2D eigenvalue weighted by molar-refractivity contribution is 0.502. The number of halogens is 4. The average Bonchev–Trinajstić information content (AvgIpc) is 2.43. The number of benzene rings is 2. The molecule has 2 aromatic carbocycles. The number of hydrogen-bond acceptors (Lipinski definition) is 2. The Hall–Kier alpha value is -1.56. The highest BCUT2D eigenvalue weighted by atomic mass is 35.5. The largest absolute Gasteiger partial charge is 0.271 e. The minimum Gasteiger partial charge on any atom is -0.271 e. The van der Waals surface area contributed by atoms with Gasteiger partial charge in [0.25, 0.3) is 0 Å². The molecule has 3 N–H and O–H groups in total. The van der Waals surface area contributed by atoms with Gasteiger partial charge in [-0.1, -0.05) is 17.7 Å². The third-order valence-corrected chi connectivity index (χ3v) is 3.30. The van der Waals surface area contributed by atoms with Gasteiger partial charge in [0, 0.05) is 5.02 Å². The van der Waals surface area contributed by atoms with E-state index >= 15 is 0 Å². The number of hydrogen-bond donors (Lipinski definition) is 2. The smallest absolute Gasteiger partial charge is 0.159 e. The Morgan fingerprint density at radius 3 is 2.45 bits per heavy atom. The molecule has 0 aliphatic heterocycles. The minimum absolute atomic E-state index is 0.247. The predicted molar refractivity (Wildman–Crippen MR) is 71.5 cm³/mol. The molecule has 0 radical (unpaired) electrons. The molecule has 0 amide bonds. The second-order valence-corrected chi connectivity index (χ2v) is 4.74. The summed E-state index contributed by atoms with van der Waals surface area (Å²) < 4.78 is 39.3. The molecule has 106 valence electrons. The zero-order valence-electron chi connectivity index (χ0n) is 10.3. The first-order valence-electron chi connectivity index (χ1n) is 5.86. The van der Waals surface area contributed by atoms with Crippen molar-refractivity contribution in [1.29, 1.82) is 0 Å². The van der Waals surface area contributed by atoms with E-state index in [-0.39, 0.29) is 6.42 Å². The van der Waals surface area contributed by atoms with Crippen LogP contribution in [0.3, 0.4) is 0 Å². The molecule has 2 rings (SSSR count). The van der Waals surface area contributed by atoms with Gasteiger partial charge >= 0.3 is 0 Å². The van der Waals surface area contributed by atoms with Crippen LogP contribution in [0.2, 0.25) is 5.02 Å². The first kappa shape index (κ1) is 14.8. The molecule has 0 aliphatic carbocycles. The van der Waals surface area contributed by atoms with Crippen molar-refractivity contribution >= 4 is 11.6 Å². The molecule has 2 aromatic rings. The van der Waals surface area contributed by atoms with E-state index in [1.807, 2.05) is 0 Å². The van der Waals surface area contributed by atoms with E-state index in [1.165, 1.54) is 24.3 Å². The van der Waals surface area contributed by atoms with Crippen LogP contribution in [0.15, 0.2) is 36.4 Å². The van der Waals surface area contributed by atoms with E-state index in [4.69, 9.17) is 17.4 Å². The molecule has 0 heterocycles. The highest BCUT2D eigenvalue weighted by Gasteiger charge is 2.16. The van der Waals surface area contributed by atoms with Crippen LogP contribution in [-0.4, -0.2) is 0 Å². The second-order valence-electron chi connectivity index (χ2n) is 4.34. The van der Waals surface area contributed by atoms with Gasteiger partial charge in [0.05, 0.1) is 6.04 Å². The average molecular weight is 301 g/mol. The Kier molecular flexibility index (Phi) is 4.65. The zero-order valence-corrected chi connectivity index (χ0v) is 11.1. The van der Waals surface area contributed by atoms with Crippen molar-refractivity contribution < 1.29 is 13.2 Å².